The summed E-state index contributed by atoms with van der Waals surface area (Å²) in [6.45, 7) is 4.95. The standard InChI is InChI=1S/C15H25NOS/c1-3-10-17-15-8-6-7-14(12-15)13-16-9-4-5-11-18-2/h6-8,12,16H,3-5,9-11,13H2,1-2H3. The molecule has 0 fully saturated rings. The predicted octanol–water partition coefficient (Wildman–Crippen LogP) is 3.71. The lowest BCUT2D eigenvalue weighted by Gasteiger charge is -2.08. The van der Waals surface area contributed by atoms with Crippen LogP contribution in [0.5, 0.6) is 5.75 Å². The second kappa shape index (κ2) is 10.3. The van der Waals surface area contributed by atoms with Crippen LogP contribution in [0.15, 0.2) is 24.3 Å². The van der Waals surface area contributed by atoms with Crippen molar-refractivity contribution in [1.82, 2.24) is 5.32 Å². The molecule has 0 amide bonds. The Bertz CT molecular complexity index is 317. The van der Waals surface area contributed by atoms with Crippen LogP contribution in [0.1, 0.15) is 31.7 Å². The Morgan fingerprint density at radius 2 is 2.17 bits per heavy atom. The number of hydrogen-bond donors (Lipinski definition) is 1. The van der Waals surface area contributed by atoms with Crippen molar-refractivity contribution >= 4 is 11.8 Å². The Hall–Kier alpha value is -0.670. The van der Waals surface area contributed by atoms with Crippen molar-refractivity contribution in [3.63, 3.8) is 0 Å². The number of thioether (sulfide) groups is 1. The molecule has 1 rings (SSSR count). The van der Waals surface area contributed by atoms with Gasteiger partial charge in [0.2, 0.25) is 0 Å². The number of ether oxygens (including phenoxy) is 1. The molecule has 3 heteroatoms. The molecule has 0 atom stereocenters. The molecule has 1 N–H and O–H groups in total. The minimum absolute atomic E-state index is 0.797. The number of nitrogens with one attached hydrogen (secondary N) is 1. The third-order valence-corrected chi connectivity index (χ3v) is 3.35. The molecular weight excluding hydrogens is 242 g/mol. The van der Waals surface area contributed by atoms with E-state index in [1.54, 1.807) is 0 Å². The number of benzene rings is 1. The fourth-order valence-electron chi connectivity index (χ4n) is 1.69. The van der Waals surface area contributed by atoms with E-state index in [1.165, 1.54) is 24.2 Å². The summed E-state index contributed by atoms with van der Waals surface area (Å²) < 4.78 is 5.62. The summed E-state index contributed by atoms with van der Waals surface area (Å²) in [5, 5.41) is 3.48. The van der Waals surface area contributed by atoms with Crippen LogP contribution >= 0.6 is 11.8 Å². The molecule has 0 aromatic heterocycles. The molecule has 1 aromatic carbocycles. The molecule has 0 saturated heterocycles. The zero-order valence-corrected chi connectivity index (χ0v) is 12.4. The average molecular weight is 267 g/mol. The first-order valence-electron chi connectivity index (χ1n) is 6.78. The van der Waals surface area contributed by atoms with Gasteiger partial charge in [-0.05, 0) is 55.5 Å². The SMILES string of the molecule is CCCOc1cccc(CNCCCCSC)c1. The number of unbranched alkanes of at least 4 members (excludes halogenated alkanes) is 1. The maximum Gasteiger partial charge on any atom is 0.119 e. The molecule has 0 aliphatic rings. The predicted molar refractivity (Wildman–Crippen MR) is 81.6 cm³/mol. The van der Waals surface area contributed by atoms with Crippen LogP contribution in [0.3, 0.4) is 0 Å². The second-order valence-corrected chi connectivity index (χ2v) is 5.36. The first kappa shape index (κ1) is 15.4. The van der Waals surface area contributed by atoms with Gasteiger partial charge in [0.05, 0.1) is 6.61 Å². The minimum Gasteiger partial charge on any atom is -0.494 e. The molecule has 0 aliphatic carbocycles. The highest BCUT2D eigenvalue weighted by Gasteiger charge is 1.96. The van der Waals surface area contributed by atoms with E-state index in [0.29, 0.717) is 0 Å². The lowest BCUT2D eigenvalue weighted by Crippen LogP contribution is -2.14. The van der Waals surface area contributed by atoms with Crippen LogP contribution in [0, 0.1) is 0 Å². The Morgan fingerprint density at radius 3 is 2.94 bits per heavy atom. The van der Waals surface area contributed by atoms with Gasteiger partial charge in [0.15, 0.2) is 0 Å². The third-order valence-electron chi connectivity index (χ3n) is 2.65. The summed E-state index contributed by atoms with van der Waals surface area (Å²) in [4.78, 5) is 0. The molecule has 102 valence electrons. The first-order valence-corrected chi connectivity index (χ1v) is 8.17. The first-order chi connectivity index (χ1) is 8.86. The summed E-state index contributed by atoms with van der Waals surface area (Å²) in [5.74, 6) is 2.25. The Morgan fingerprint density at radius 1 is 1.28 bits per heavy atom. The van der Waals surface area contributed by atoms with Crippen molar-refractivity contribution in [2.75, 3.05) is 25.2 Å². The average Bonchev–Trinajstić information content (AvgIpc) is 2.41. The largest absolute Gasteiger partial charge is 0.494 e. The summed E-state index contributed by atoms with van der Waals surface area (Å²) in [6, 6.07) is 8.37. The molecule has 2 nitrogen and oxygen atoms in total. The lowest BCUT2D eigenvalue weighted by molar-refractivity contribution is 0.317. The topological polar surface area (TPSA) is 21.3 Å². The Labute approximate surface area is 116 Å². The maximum atomic E-state index is 5.62. The highest BCUT2D eigenvalue weighted by molar-refractivity contribution is 7.98. The van der Waals surface area contributed by atoms with E-state index in [9.17, 15) is 0 Å². The normalized spacial score (nSPS) is 10.6. The van der Waals surface area contributed by atoms with Gasteiger partial charge in [-0.1, -0.05) is 19.1 Å². The zero-order chi connectivity index (χ0) is 13.1. The van der Waals surface area contributed by atoms with Crippen molar-refractivity contribution in [2.24, 2.45) is 0 Å². The number of rotatable bonds is 10. The van der Waals surface area contributed by atoms with Crippen LogP contribution < -0.4 is 10.1 Å². The van der Waals surface area contributed by atoms with E-state index < -0.39 is 0 Å². The molecule has 0 aliphatic heterocycles. The monoisotopic (exact) mass is 267 g/mol. The van der Waals surface area contributed by atoms with E-state index in [1.807, 2.05) is 17.8 Å². The van der Waals surface area contributed by atoms with Crippen LogP contribution in [0.25, 0.3) is 0 Å². The summed E-state index contributed by atoms with van der Waals surface area (Å²) in [7, 11) is 0. The van der Waals surface area contributed by atoms with Gasteiger partial charge < -0.3 is 10.1 Å². The van der Waals surface area contributed by atoms with Gasteiger partial charge in [0, 0.05) is 6.54 Å². The van der Waals surface area contributed by atoms with E-state index in [0.717, 1.165) is 31.9 Å². The van der Waals surface area contributed by atoms with Crippen molar-refractivity contribution in [2.45, 2.75) is 32.7 Å². The molecule has 0 bridgehead atoms. The fourth-order valence-corrected chi connectivity index (χ4v) is 2.19. The molecule has 0 heterocycles. The van der Waals surface area contributed by atoms with Crippen LogP contribution in [0.2, 0.25) is 0 Å². The highest BCUT2D eigenvalue weighted by Crippen LogP contribution is 2.13. The molecule has 1 aromatic rings. The minimum atomic E-state index is 0.797. The second-order valence-electron chi connectivity index (χ2n) is 4.37. The van der Waals surface area contributed by atoms with Crippen molar-refractivity contribution in [3.8, 4) is 5.75 Å². The van der Waals surface area contributed by atoms with E-state index in [4.69, 9.17) is 4.74 Å². The van der Waals surface area contributed by atoms with Gasteiger partial charge in [-0.15, -0.1) is 0 Å². The molecule has 0 spiro atoms. The molecular formula is C15H25NOS. The van der Waals surface area contributed by atoms with Crippen LogP contribution in [0.4, 0.5) is 0 Å². The summed E-state index contributed by atoms with van der Waals surface area (Å²) in [6.07, 6.45) is 5.77. The molecule has 0 radical (unpaired) electrons. The zero-order valence-electron chi connectivity index (χ0n) is 11.6. The summed E-state index contributed by atoms with van der Waals surface area (Å²) in [5.41, 5.74) is 1.30. The van der Waals surface area contributed by atoms with Gasteiger partial charge >= 0.3 is 0 Å². The van der Waals surface area contributed by atoms with Gasteiger partial charge in [0.1, 0.15) is 5.75 Å². The molecule has 0 unspecified atom stereocenters. The third kappa shape index (κ3) is 6.92. The van der Waals surface area contributed by atoms with Crippen molar-refractivity contribution in [1.29, 1.82) is 0 Å². The molecule has 0 saturated carbocycles. The van der Waals surface area contributed by atoms with Crippen LogP contribution in [-0.2, 0) is 6.54 Å². The van der Waals surface area contributed by atoms with Crippen molar-refractivity contribution in [3.05, 3.63) is 29.8 Å². The van der Waals surface area contributed by atoms with E-state index in [2.05, 4.69) is 36.7 Å². The van der Waals surface area contributed by atoms with Gasteiger partial charge in [0.25, 0.3) is 0 Å². The van der Waals surface area contributed by atoms with Gasteiger partial charge in [-0.3, -0.25) is 0 Å². The van der Waals surface area contributed by atoms with Crippen molar-refractivity contribution < 1.29 is 4.74 Å². The van der Waals surface area contributed by atoms with Crippen LogP contribution in [-0.4, -0.2) is 25.2 Å². The van der Waals surface area contributed by atoms with E-state index in [-0.39, 0.29) is 0 Å². The lowest BCUT2D eigenvalue weighted by atomic mass is 10.2. The summed E-state index contributed by atoms with van der Waals surface area (Å²) >= 11 is 1.92. The smallest absolute Gasteiger partial charge is 0.119 e. The Balaban J connectivity index is 2.20. The molecule has 18 heavy (non-hydrogen) atoms. The van der Waals surface area contributed by atoms with Gasteiger partial charge in [-0.25, -0.2) is 0 Å². The highest BCUT2D eigenvalue weighted by atomic mass is 32.2. The fraction of sp³-hybridized carbons (Fsp3) is 0.600. The van der Waals surface area contributed by atoms with Gasteiger partial charge in [-0.2, -0.15) is 11.8 Å². The number of hydrogen-bond acceptors (Lipinski definition) is 3. The Kier molecular flexibility index (Phi) is 8.78. The maximum absolute atomic E-state index is 5.62. The van der Waals surface area contributed by atoms with E-state index >= 15 is 0 Å². The quantitative estimate of drug-likeness (QED) is 0.653.